The number of sulfonamides is 1. The van der Waals surface area contributed by atoms with E-state index in [0.717, 1.165) is 24.0 Å². The number of hydrogen-bond acceptors (Lipinski definition) is 6. The zero-order valence-electron chi connectivity index (χ0n) is 22.0. The number of esters is 1. The number of hydrogen-bond donors (Lipinski definition) is 3. The molecule has 0 aliphatic heterocycles. The Labute approximate surface area is 235 Å². The van der Waals surface area contributed by atoms with Gasteiger partial charge in [-0.25, -0.2) is 8.42 Å². The summed E-state index contributed by atoms with van der Waals surface area (Å²) in [5, 5.41) is 5.49. The predicted octanol–water partition coefficient (Wildman–Crippen LogP) is 5.26. The summed E-state index contributed by atoms with van der Waals surface area (Å²) < 4.78 is 33.3. The van der Waals surface area contributed by atoms with Crippen molar-refractivity contribution in [3.8, 4) is 0 Å². The molecule has 8 nitrogen and oxygen atoms in total. The van der Waals surface area contributed by atoms with Gasteiger partial charge in [0.25, 0.3) is 10.0 Å². The molecule has 0 spiro atoms. The summed E-state index contributed by atoms with van der Waals surface area (Å²) in [7, 11) is -3.77. The molecule has 0 aromatic heterocycles. The van der Waals surface area contributed by atoms with Crippen LogP contribution >= 0.6 is 12.2 Å². The third-order valence-corrected chi connectivity index (χ3v) is 7.25. The Morgan fingerprint density at radius 2 is 1.51 bits per heavy atom. The first kappa shape index (κ1) is 29.8. The maximum Gasteiger partial charge on any atom is 0.305 e. The van der Waals surface area contributed by atoms with E-state index < -0.39 is 10.0 Å². The number of rotatable bonds is 12. The standard InChI is InChI=1S/C29H33N3O5S2/c1-21-18-22(2)20-25(19-21)32-39(35,36)26-15-13-24(14-16-26)30-29(38)31-27(33)11-6-12-28(34)37-17-7-10-23-8-4-3-5-9-23/h3-5,8-9,13-16,18-20,32H,6-7,10-12,17H2,1-2H3,(H2,30,31,33,38). The van der Waals surface area contributed by atoms with Gasteiger partial charge >= 0.3 is 5.97 Å². The normalized spacial score (nSPS) is 10.9. The van der Waals surface area contributed by atoms with Gasteiger partial charge in [-0.3, -0.25) is 14.3 Å². The lowest BCUT2D eigenvalue weighted by atomic mass is 10.1. The Kier molecular flexibility index (Phi) is 11.0. The van der Waals surface area contributed by atoms with Crippen LogP contribution in [0.4, 0.5) is 11.4 Å². The van der Waals surface area contributed by atoms with Crippen molar-refractivity contribution in [2.75, 3.05) is 16.6 Å². The molecule has 0 saturated carbocycles. The van der Waals surface area contributed by atoms with Gasteiger partial charge in [0.2, 0.25) is 5.91 Å². The predicted molar refractivity (Wildman–Crippen MR) is 157 cm³/mol. The Balaban J connectivity index is 1.36. The Morgan fingerprint density at radius 1 is 0.846 bits per heavy atom. The first-order valence-electron chi connectivity index (χ1n) is 12.6. The largest absolute Gasteiger partial charge is 0.466 e. The number of aryl methyl sites for hydroxylation is 3. The van der Waals surface area contributed by atoms with E-state index in [1.165, 1.54) is 17.7 Å². The summed E-state index contributed by atoms with van der Waals surface area (Å²) >= 11 is 5.18. The molecule has 206 valence electrons. The Bertz CT molecular complexity index is 1370. The molecular weight excluding hydrogens is 534 g/mol. The molecule has 0 bridgehead atoms. The molecule has 0 heterocycles. The minimum Gasteiger partial charge on any atom is -0.466 e. The van der Waals surface area contributed by atoms with Gasteiger partial charge in [-0.05, 0) is 98.4 Å². The fourth-order valence-electron chi connectivity index (χ4n) is 3.89. The lowest BCUT2D eigenvalue weighted by Gasteiger charge is -2.12. The number of thiocarbonyl (C=S) groups is 1. The molecule has 3 aromatic rings. The van der Waals surface area contributed by atoms with E-state index in [-0.39, 0.29) is 34.7 Å². The second kappa shape index (κ2) is 14.4. The highest BCUT2D eigenvalue weighted by Gasteiger charge is 2.15. The zero-order valence-corrected chi connectivity index (χ0v) is 23.7. The molecule has 0 saturated heterocycles. The molecule has 10 heteroatoms. The van der Waals surface area contributed by atoms with Crippen LogP contribution in [0, 0.1) is 13.8 Å². The molecule has 0 fully saturated rings. The summed E-state index contributed by atoms with van der Waals surface area (Å²) in [6.07, 6.45) is 2.18. The zero-order chi connectivity index (χ0) is 28.3. The van der Waals surface area contributed by atoms with Gasteiger partial charge in [-0.15, -0.1) is 0 Å². The van der Waals surface area contributed by atoms with E-state index in [4.69, 9.17) is 17.0 Å². The molecule has 3 N–H and O–H groups in total. The maximum absolute atomic E-state index is 12.7. The SMILES string of the molecule is Cc1cc(C)cc(NS(=O)(=O)c2ccc(NC(=S)NC(=O)CCCC(=O)OCCCc3ccccc3)cc2)c1. The fraction of sp³-hybridized carbons (Fsp3) is 0.276. The number of amides is 1. The molecule has 0 radical (unpaired) electrons. The van der Waals surface area contributed by atoms with Crippen LogP contribution in [0.15, 0.2) is 77.7 Å². The van der Waals surface area contributed by atoms with E-state index in [0.29, 0.717) is 24.4 Å². The molecule has 0 aliphatic carbocycles. The molecule has 1 amide bonds. The van der Waals surface area contributed by atoms with Crippen LogP contribution < -0.4 is 15.4 Å². The highest BCUT2D eigenvalue weighted by molar-refractivity contribution is 7.92. The second-order valence-electron chi connectivity index (χ2n) is 9.17. The average Bonchev–Trinajstić information content (AvgIpc) is 2.86. The number of benzene rings is 3. The van der Waals surface area contributed by atoms with E-state index in [9.17, 15) is 18.0 Å². The van der Waals surface area contributed by atoms with Crippen LogP contribution in [0.2, 0.25) is 0 Å². The van der Waals surface area contributed by atoms with Gasteiger partial charge in [-0.1, -0.05) is 36.4 Å². The molecule has 3 aromatic carbocycles. The van der Waals surface area contributed by atoms with E-state index >= 15 is 0 Å². The number of ether oxygens (including phenoxy) is 1. The van der Waals surface area contributed by atoms with Crippen molar-refractivity contribution in [3.05, 3.63) is 89.5 Å². The fourth-order valence-corrected chi connectivity index (χ4v) is 5.16. The van der Waals surface area contributed by atoms with Crippen molar-refractivity contribution in [2.24, 2.45) is 0 Å². The van der Waals surface area contributed by atoms with Gasteiger partial charge in [0, 0.05) is 24.2 Å². The van der Waals surface area contributed by atoms with Gasteiger partial charge in [0.1, 0.15) is 0 Å². The Morgan fingerprint density at radius 3 is 2.18 bits per heavy atom. The quantitative estimate of drug-likeness (QED) is 0.155. The topological polar surface area (TPSA) is 114 Å². The van der Waals surface area contributed by atoms with Crippen molar-refractivity contribution in [3.63, 3.8) is 0 Å². The Hall–Kier alpha value is -3.76. The van der Waals surface area contributed by atoms with Crippen LogP contribution in [0.5, 0.6) is 0 Å². The van der Waals surface area contributed by atoms with Crippen molar-refractivity contribution in [1.82, 2.24) is 5.32 Å². The highest BCUT2D eigenvalue weighted by atomic mass is 32.2. The molecule has 39 heavy (non-hydrogen) atoms. The van der Waals surface area contributed by atoms with Crippen LogP contribution in [0.3, 0.4) is 0 Å². The minimum atomic E-state index is -3.77. The number of carbonyl (C=O) groups excluding carboxylic acids is 2. The van der Waals surface area contributed by atoms with Crippen LogP contribution in [-0.4, -0.2) is 32.0 Å². The molecule has 0 aliphatic rings. The summed E-state index contributed by atoms with van der Waals surface area (Å²) in [5.74, 6) is -0.667. The summed E-state index contributed by atoms with van der Waals surface area (Å²) in [6, 6.07) is 21.5. The third-order valence-electron chi connectivity index (χ3n) is 5.65. The highest BCUT2D eigenvalue weighted by Crippen LogP contribution is 2.20. The van der Waals surface area contributed by atoms with Crippen LogP contribution in [-0.2, 0) is 30.8 Å². The summed E-state index contributed by atoms with van der Waals surface area (Å²) in [4.78, 5) is 24.2. The van der Waals surface area contributed by atoms with Crippen molar-refractivity contribution >= 4 is 50.6 Å². The minimum absolute atomic E-state index is 0.0763. The van der Waals surface area contributed by atoms with E-state index in [1.54, 1.807) is 24.3 Å². The number of carbonyl (C=O) groups is 2. The number of anilines is 2. The van der Waals surface area contributed by atoms with Gasteiger partial charge in [-0.2, -0.15) is 0 Å². The van der Waals surface area contributed by atoms with E-state index in [2.05, 4.69) is 15.4 Å². The lowest BCUT2D eigenvalue weighted by molar-refractivity contribution is -0.143. The van der Waals surface area contributed by atoms with Crippen molar-refractivity contribution in [2.45, 2.75) is 50.8 Å². The monoisotopic (exact) mass is 567 g/mol. The second-order valence-corrected chi connectivity index (χ2v) is 11.3. The van der Waals surface area contributed by atoms with Gasteiger partial charge in [0.05, 0.1) is 11.5 Å². The van der Waals surface area contributed by atoms with E-state index in [1.807, 2.05) is 50.2 Å². The van der Waals surface area contributed by atoms with Crippen LogP contribution in [0.25, 0.3) is 0 Å². The molecule has 3 rings (SSSR count). The molecule has 0 atom stereocenters. The third kappa shape index (κ3) is 10.5. The van der Waals surface area contributed by atoms with Crippen LogP contribution in [0.1, 0.15) is 42.4 Å². The van der Waals surface area contributed by atoms with Gasteiger partial charge < -0.3 is 15.4 Å². The summed E-state index contributed by atoms with van der Waals surface area (Å²) in [5.41, 5.74) is 4.12. The van der Waals surface area contributed by atoms with Crippen molar-refractivity contribution < 1.29 is 22.7 Å². The smallest absolute Gasteiger partial charge is 0.305 e. The van der Waals surface area contributed by atoms with Crippen molar-refractivity contribution in [1.29, 1.82) is 0 Å². The summed E-state index contributed by atoms with van der Waals surface area (Å²) in [6.45, 7) is 4.14. The first-order valence-corrected chi connectivity index (χ1v) is 14.5. The lowest BCUT2D eigenvalue weighted by Crippen LogP contribution is -2.34. The molecular formula is C29H33N3O5S2. The number of nitrogens with one attached hydrogen (secondary N) is 3. The first-order chi connectivity index (χ1) is 18.6. The molecule has 0 unspecified atom stereocenters. The average molecular weight is 568 g/mol. The maximum atomic E-state index is 12.7. The van der Waals surface area contributed by atoms with Gasteiger partial charge in [0.15, 0.2) is 5.11 Å².